The summed E-state index contributed by atoms with van der Waals surface area (Å²) in [5.41, 5.74) is 0.976. The lowest BCUT2D eigenvalue weighted by Gasteiger charge is -2.18. The average Bonchev–Trinajstić information content (AvgIpc) is 2.26. The molecular weight excluding hydrogens is 202 g/mol. The van der Waals surface area contributed by atoms with Gasteiger partial charge in [-0.25, -0.2) is 9.97 Å². The fraction of sp³-hybridized carbons (Fsp3) is 0.667. The first kappa shape index (κ1) is 12.9. The molecule has 0 saturated carbocycles. The highest BCUT2D eigenvalue weighted by atomic mass is 16.5. The molecule has 0 saturated heterocycles. The molecule has 0 aromatic carbocycles. The van der Waals surface area contributed by atoms with Gasteiger partial charge >= 0.3 is 0 Å². The molecule has 1 atom stereocenters. The van der Waals surface area contributed by atoms with Crippen LogP contribution >= 0.6 is 0 Å². The number of hydrogen-bond donors (Lipinski definition) is 1. The smallest absolute Gasteiger partial charge is 0.129 e. The molecule has 1 aromatic rings. The van der Waals surface area contributed by atoms with Crippen molar-refractivity contribution in [2.24, 2.45) is 0 Å². The molecule has 90 valence electrons. The number of nitrogens with one attached hydrogen (secondary N) is 1. The first-order valence-corrected chi connectivity index (χ1v) is 5.80. The lowest BCUT2D eigenvalue weighted by atomic mass is 10.1. The summed E-state index contributed by atoms with van der Waals surface area (Å²) in [6.07, 6.45) is 5.09. The van der Waals surface area contributed by atoms with Crippen LogP contribution < -0.4 is 5.32 Å². The Hall–Kier alpha value is -1.16. The van der Waals surface area contributed by atoms with E-state index in [0.717, 1.165) is 17.9 Å². The minimum absolute atomic E-state index is 0.333. The van der Waals surface area contributed by atoms with Gasteiger partial charge in [0, 0.05) is 18.9 Å². The monoisotopic (exact) mass is 223 g/mol. The van der Waals surface area contributed by atoms with Gasteiger partial charge in [0.25, 0.3) is 0 Å². The van der Waals surface area contributed by atoms with Gasteiger partial charge in [-0.3, -0.25) is 0 Å². The molecule has 0 bridgehead atoms. The van der Waals surface area contributed by atoms with E-state index < -0.39 is 0 Å². The van der Waals surface area contributed by atoms with Gasteiger partial charge < -0.3 is 10.1 Å². The van der Waals surface area contributed by atoms with Crippen LogP contribution in [0.5, 0.6) is 0 Å². The number of rotatable bonds is 7. The number of anilines is 1. The number of ether oxygens (including phenoxy) is 1. The van der Waals surface area contributed by atoms with Crippen LogP contribution in [-0.4, -0.2) is 29.7 Å². The third-order valence-corrected chi connectivity index (χ3v) is 2.43. The maximum absolute atomic E-state index is 5.20. The fourth-order valence-corrected chi connectivity index (χ4v) is 1.59. The van der Waals surface area contributed by atoms with Crippen LogP contribution in [0.25, 0.3) is 0 Å². The van der Waals surface area contributed by atoms with Gasteiger partial charge in [0.2, 0.25) is 0 Å². The summed E-state index contributed by atoms with van der Waals surface area (Å²) >= 11 is 0. The molecule has 0 spiro atoms. The van der Waals surface area contributed by atoms with E-state index in [4.69, 9.17) is 4.74 Å². The second-order valence-electron chi connectivity index (χ2n) is 3.98. The molecular formula is C12H21N3O. The van der Waals surface area contributed by atoms with E-state index in [1.807, 2.05) is 13.0 Å². The molecule has 4 nitrogen and oxygen atoms in total. The summed E-state index contributed by atoms with van der Waals surface area (Å²) in [4.78, 5) is 8.26. The Kier molecular flexibility index (Phi) is 5.78. The second-order valence-corrected chi connectivity index (χ2v) is 3.98. The molecule has 1 heterocycles. The van der Waals surface area contributed by atoms with Gasteiger partial charge in [-0.2, -0.15) is 0 Å². The van der Waals surface area contributed by atoms with E-state index in [0.29, 0.717) is 12.6 Å². The van der Waals surface area contributed by atoms with Gasteiger partial charge in [0.1, 0.15) is 12.1 Å². The number of methoxy groups -OCH3 is 1. The first-order chi connectivity index (χ1) is 7.76. The maximum atomic E-state index is 5.20. The predicted molar refractivity (Wildman–Crippen MR) is 65.6 cm³/mol. The Bertz CT molecular complexity index is 304. The number of aryl methyl sites for hydroxylation is 1. The zero-order valence-electron chi connectivity index (χ0n) is 10.4. The maximum Gasteiger partial charge on any atom is 0.129 e. The van der Waals surface area contributed by atoms with Crippen LogP contribution in [0.1, 0.15) is 31.9 Å². The minimum Gasteiger partial charge on any atom is -0.383 e. The van der Waals surface area contributed by atoms with Gasteiger partial charge in [-0.05, 0) is 13.3 Å². The van der Waals surface area contributed by atoms with E-state index in [-0.39, 0.29) is 0 Å². The fourth-order valence-electron chi connectivity index (χ4n) is 1.59. The summed E-state index contributed by atoms with van der Waals surface area (Å²) in [7, 11) is 1.73. The average molecular weight is 223 g/mol. The van der Waals surface area contributed by atoms with Gasteiger partial charge in [-0.1, -0.05) is 19.8 Å². The van der Waals surface area contributed by atoms with Crippen molar-refractivity contribution in [3.05, 3.63) is 18.1 Å². The molecule has 0 aliphatic carbocycles. The van der Waals surface area contributed by atoms with Gasteiger partial charge in [-0.15, -0.1) is 0 Å². The summed E-state index contributed by atoms with van der Waals surface area (Å²) in [6, 6.07) is 2.29. The van der Waals surface area contributed by atoms with Crippen molar-refractivity contribution in [2.45, 2.75) is 39.2 Å². The molecule has 1 unspecified atom stereocenters. The Morgan fingerprint density at radius 1 is 1.44 bits per heavy atom. The van der Waals surface area contributed by atoms with Crippen LogP contribution in [0.3, 0.4) is 0 Å². The lowest BCUT2D eigenvalue weighted by molar-refractivity contribution is 0.182. The third-order valence-electron chi connectivity index (χ3n) is 2.43. The van der Waals surface area contributed by atoms with E-state index >= 15 is 0 Å². The largest absolute Gasteiger partial charge is 0.383 e. The zero-order chi connectivity index (χ0) is 11.8. The molecule has 0 radical (unpaired) electrons. The van der Waals surface area contributed by atoms with E-state index in [1.54, 1.807) is 13.4 Å². The van der Waals surface area contributed by atoms with Crippen molar-refractivity contribution in [1.82, 2.24) is 9.97 Å². The van der Waals surface area contributed by atoms with Crippen molar-refractivity contribution >= 4 is 5.82 Å². The number of hydrogen-bond acceptors (Lipinski definition) is 4. The predicted octanol–water partition coefficient (Wildman–Crippen LogP) is 2.40. The Morgan fingerprint density at radius 2 is 2.25 bits per heavy atom. The van der Waals surface area contributed by atoms with Crippen LogP contribution in [0.4, 0.5) is 5.82 Å². The molecule has 1 aromatic heterocycles. The lowest BCUT2D eigenvalue weighted by Crippen LogP contribution is -2.25. The summed E-state index contributed by atoms with van der Waals surface area (Å²) in [5.74, 6) is 0.880. The second kappa shape index (κ2) is 7.17. The summed E-state index contributed by atoms with van der Waals surface area (Å²) in [5, 5.41) is 3.38. The number of aromatic nitrogens is 2. The standard InChI is InChI=1S/C12H21N3O/c1-4-5-6-11(8-16-3)15-12-7-10(2)13-9-14-12/h7,9,11H,4-6,8H2,1-3H3,(H,13,14,15). The van der Waals surface area contributed by atoms with Gasteiger partial charge in [0.15, 0.2) is 0 Å². The molecule has 0 aliphatic heterocycles. The highest BCUT2D eigenvalue weighted by Crippen LogP contribution is 2.09. The van der Waals surface area contributed by atoms with Gasteiger partial charge in [0.05, 0.1) is 12.6 Å². The zero-order valence-corrected chi connectivity index (χ0v) is 10.4. The number of unbranched alkanes of at least 4 members (excludes halogenated alkanes) is 1. The highest BCUT2D eigenvalue weighted by molar-refractivity contribution is 5.35. The van der Waals surface area contributed by atoms with Crippen molar-refractivity contribution in [3.8, 4) is 0 Å². The van der Waals surface area contributed by atoms with Crippen molar-refractivity contribution in [1.29, 1.82) is 0 Å². The van der Waals surface area contributed by atoms with Crippen molar-refractivity contribution < 1.29 is 4.74 Å². The van der Waals surface area contributed by atoms with E-state index in [2.05, 4.69) is 22.2 Å². The molecule has 0 fully saturated rings. The quantitative estimate of drug-likeness (QED) is 0.771. The van der Waals surface area contributed by atoms with Crippen LogP contribution in [0.15, 0.2) is 12.4 Å². The summed E-state index contributed by atoms with van der Waals surface area (Å²) < 4.78 is 5.20. The SMILES string of the molecule is CCCCC(COC)Nc1cc(C)ncn1. The van der Waals surface area contributed by atoms with Crippen molar-refractivity contribution in [2.75, 3.05) is 19.0 Å². The van der Waals surface area contributed by atoms with Crippen LogP contribution in [0, 0.1) is 6.92 Å². The van der Waals surface area contributed by atoms with E-state index in [9.17, 15) is 0 Å². The minimum atomic E-state index is 0.333. The van der Waals surface area contributed by atoms with Crippen molar-refractivity contribution in [3.63, 3.8) is 0 Å². The topological polar surface area (TPSA) is 47.0 Å². The van der Waals surface area contributed by atoms with E-state index in [1.165, 1.54) is 12.8 Å². The molecule has 4 heteroatoms. The highest BCUT2D eigenvalue weighted by Gasteiger charge is 2.08. The third kappa shape index (κ3) is 4.57. The molecule has 0 aliphatic rings. The Balaban J connectivity index is 2.52. The van der Waals surface area contributed by atoms with Crippen LogP contribution in [-0.2, 0) is 4.74 Å². The normalized spacial score (nSPS) is 12.4. The first-order valence-electron chi connectivity index (χ1n) is 5.80. The van der Waals surface area contributed by atoms with Crippen LogP contribution in [0.2, 0.25) is 0 Å². The number of nitrogens with zero attached hydrogens (tertiary/aromatic N) is 2. The molecule has 16 heavy (non-hydrogen) atoms. The Morgan fingerprint density at radius 3 is 2.88 bits per heavy atom. The Labute approximate surface area is 97.5 Å². The molecule has 1 rings (SSSR count). The molecule has 1 N–H and O–H groups in total. The summed E-state index contributed by atoms with van der Waals surface area (Å²) in [6.45, 7) is 4.87. The molecule has 0 amide bonds.